The molecule has 3 rings (SSSR count). The molecule has 0 amide bonds. The number of oxazole rings is 1. The van der Waals surface area contributed by atoms with Crippen molar-refractivity contribution in [3.05, 3.63) is 65.5 Å². The second-order valence-corrected chi connectivity index (χ2v) is 4.92. The average Bonchev–Trinajstić information content (AvgIpc) is 2.88. The van der Waals surface area contributed by atoms with Crippen LogP contribution in [0.25, 0.3) is 11.1 Å². The van der Waals surface area contributed by atoms with Crippen molar-refractivity contribution in [3.63, 3.8) is 0 Å². The molecule has 1 aromatic heterocycles. The second-order valence-electron chi connectivity index (χ2n) is 4.92. The average molecular weight is 307 g/mol. The van der Waals surface area contributed by atoms with Gasteiger partial charge in [0.2, 0.25) is 0 Å². The summed E-state index contributed by atoms with van der Waals surface area (Å²) in [5.74, 6) is 0.283. The van der Waals surface area contributed by atoms with Crippen molar-refractivity contribution in [2.75, 3.05) is 0 Å². The minimum absolute atomic E-state index is 0.00991. The smallest absolute Gasteiger partial charge is 0.416 e. The van der Waals surface area contributed by atoms with E-state index in [4.69, 9.17) is 4.42 Å². The Morgan fingerprint density at radius 2 is 1.86 bits per heavy atom. The molecule has 1 heterocycles. The summed E-state index contributed by atoms with van der Waals surface area (Å²) in [7, 11) is 0. The van der Waals surface area contributed by atoms with E-state index in [1.807, 2.05) is 0 Å². The molecule has 0 aliphatic rings. The summed E-state index contributed by atoms with van der Waals surface area (Å²) in [5.41, 5.74) is 0.612. The standard InChI is InChI=1S/C16H12F3NO2/c17-16(18,19)11-5-3-4-10(8-11)13(21)9-15-20-12-6-1-2-7-14(12)22-15/h1-8,13,21H,9H2. The van der Waals surface area contributed by atoms with Crippen LogP contribution in [0, 0.1) is 0 Å². The van der Waals surface area contributed by atoms with E-state index in [1.165, 1.54) is 12.1 Å². The van der Waals surface area contributed by atoms with E-state index in [1.54, 1.807) is 24.3 Å². The summed E-state index contributed by atoms with van der Waals surface area (Å²) >= 11 is 0. The Kier molecular flexibility index (Phi) is 3.62. The molecule has 2 aromatic carbocycles. The van der Waals surface area contributed by atoms with Crippen LogP contribution in [-0.2, 0) is 12.6 Å². The van der Waals surface area contributed by atoms with Gasteiger partial charge in [-0.05, 0) is 29.8 Å². The van der Waals surface area contributed by atoms with E-state index in [2.05, 4.69) is 4.98 Å². The van der Waals surface area contributed by atoms with E-state index < -0.39 is 17.8 Å². The number of alkyl halides is 3. The molecular weight excluding hydrogens is 295 g/mol. The highest BCUT2D eigenvalue weighted by Gasteiger charge is 2.31. The first-order valence-corrected chi connectivity index (χ1v) is 6.63. The number of hydrogen-bond acceptors (Lipinski definition) is 3. The number of rotatable bonds is 3. The number of aliphatic hydroxyl groups is 1. The molecule has 0 fully saturated rings. The quantitative estimate of drug-likeness (QED) is 0.791. The lowest BCUT2D eigenvalue weighted by molar-refractivity contribution is -0.137. The predicted octanol–water partition coefficient (Wildman–Crippen LogP) is 4.12. The van der Waals surface area contributed by atoms with E-state index in [0.717, 1.165) is 12.1 Å². The maximum absolute atomic E-state index is 12.7. The van der Waals surface area contributed by atoms with Crippen LogP contribution in [0.4, 0.5) is 13.2 Å². The summed E-state index contributed by atoms with van der Waals surface area (Å²) < 4.78 is 43.5. The largest absolute Gasteiger partial charge is 0.441 e. The Bertz CT molecular complexity index is 762. The zero-order valence-electron chi connectivity index (χ0n) is 11.3. The van der Waals surface area contributed by atoms with Gasteiger partial charge in [-0.2, -0.15) is 13.2 Å². The molecule has 0 aliphatic heterocycles. The summed E-state index contributed by atoms with van der Waals surface area (Å²) in [6.45, 7) is 0. The molecule has 0 saturated heterocycles. The number of aromatic nitrogens is 1. The molecule has 1 unspecified atom stereocenters. The van der Waals surface area contributed by atoms with Crippen molar-refractivity contribution < 1.29 is 22.7 Å². The molecule has 0 aliphatic carbocycles. The highest BCUT2D eigenvalue weighted by atomic mass is 19.4. The molecule has 3 nitrogen and oxygen atoms in total. The van der Waals surface area contributed by atoms with Gasteiger partial charge in [-0.1, -0.05) is 24.3 Å². The summed E-state index contributed by atoms with van der Waals surface area (Å²) in [5, 5.41) is 10.1. The zero-order chi connectivity index (χ0) is 15.7. The van der Waals surface area contributed by atoms with Crippen LogP contribution in [0.15, 0.2) is 52.9 Å². The van der Waals surface area contributed by atoms with E-state index >= 15 is 0 Å². The van der Waals surface area contributed by atoms with Crippen LogP contribution < -0.4 is 0 Å². The molecule has 0 radical (unpaired) electrons. The fourth-order valence-corrected chi connectivity index (χ4v) is 2.21. The minimum atomic E-state index is -4.44. The molecule has 6 heteroatoms. The van der Waals surface area contributed by atoms with Gasteiger partial charge in [-0.25, -0.2) is 4.98 Å². The lowest BCUT2D eigenvalue weighted by atomic mass is 10.0. The lowest BCUT2D eigenvalue weighted by Crippen LogP contribution is -2.08. The molecular formula is C16H12F3NO2. The number of hydrogen-bond donors (Lipinski definition) is 1. The van der Waals surface area contributed by atoms with Gasteiger partial charge in [-0.3, -0.25) is 0 Å². The highest BCUT2D eigenvalue weighted by molar-refractivity contribution is 5.72. The first-order chi connectivity index (χ1) is 10.4. The van der Waals surface area contributed by atoms with Gasteiger partial charge in [0.1, 0.15) is 5.52 Å². The first-order valence-electron chi connectivity index (χ1n) is 6.63. The van der Waals surface area contributed by atoms with Crippen molar-refractivity contribution in [1.82, 2.24) is 4.98 Å². The number of benzene rings is 2. The van der Waals surface area contributed by atoms with Crippen LogP contribution in [0.2, 0.25) is 0 Å². The number of nitrogens with zero attached hydrogens (tertiary/aromatic N) is 1. The SMILES string of the molecule is OC(Cc1nc2ccccc2o1)c1cccc(C(F)(F)F)c1. The third-order valence-electron chi connectivity index (χ3n) is 3.30. The van der Waals surface area contributed by atoms with Crippen molar-refractivity contribution in [3.8, 4) is 0 Å². The number of aliphatic hydroxyl groups excluding tert-OH is 1. The van der Waals surface area contributed by atoms with E-state index in [-0.39, 0.29) is 17.9 Å². The number of para-hydroxylation sites is 2. The van der Waals surface area contributed by atoms with Gasteiger partial charge in [0.05, 0.1) is 18.1 Å². The van der Waals surface area contributed by atoms with Crippen LogP contribution in [-0.4, -0.2) is 10.1 Å². The van der Waals surface area contributed by atoms with E-state index in [0.29, 0.717) is 11.1 Å². The molecule has 1 N–H and O–H groups in total. The predicted molar refractivity (Wildman–Crippen MR) is 74.1 cm³/mol. The van der Waals surface area contributed by atoms with Gasteiger partial charge in [-0.15, -0.1) is 0 Å². The second kappa shape index (κ2) is 5.46. The van der Waals surface area contributed by atoms with Gasteiger partial charge < -0.3 is 9.52 Å². The lowest BCUT2D eigenvalue weighted by Gasteiger charge is -2.12. The zero-order valence-corrected chi connectivity index (χ0v) is 11.3. The fraction of sp³-hybridized carbons (Fsp3) is 0.188. The maximum Gasteiger partial charge on any atom is 0.416 e. The maximum atomic E-state index is 12.7. The third-order valence-corrected chi connectivity index (χ3v) is 3.30. The van der Waals surface area contributed by atoms with Gasteiger partial charge >= 0.3 is 6.18 Å². The first kappa shape index (κ1) is 14.6. The monoisotopic (exact) mass is 307 g/mol. The Labute approximate surface area is 124 Å². The number of halogens is 3. The topological polar surface area (TPSA) is 46.3 Å². The molecule has 3 aromatic rings. The van der Waals surface area contributed by atoms with Crippen LogP contribution in [0.3, 0.4) is 0 Å². The van der Waals surface area contributed by atoms with Crippen molar-refractivity contribution in [2.24, 2.45) is 0 Å². The van der Waals surface area contributed by atoms with Gasteiger partial charge in [0, 0.05) is 0 Å². The van der Waals surface area contributed by atoms with Crippen LogP contribution in [0.5, 0.6) is 0 Å². The molecule has 0 bridgehead atoms. The molecule has 0 saturated carbocycles. The normalized spacial score (nSPS) is 13.5. The van der Waals surface area contributed by atoms with Crippen LogP contribution >= 0.6 is 0 Å². The Morgan fingerprint density at radius 1 is 1.09 bits per heavy atom. The summed E-state index contributed by atoms with van der Waals surface area (Å²) in [6, 6.07) is 11.7. The molecule has 0 spiro atoms. The highest BCUT2D eigenvalue weighted by Crippen LogP contribution is 2.31. The van der Waals surface area contributed by atoms with E-state index in [9.17, 15) is 18.3 Å². The van der Waals surface area contributed by atoms with Gasteiger partial charge in [0.15, 0.2) is 11.5 Å². The van der Waals surface area contributed by atoms with Crippen molar-refractivity contribution in [1.29, 1.82) is 0 Å². The van der Waals surface area contributed by atoms with Crippen molar-refractivity contribution >= 4 is 11.1 Å². The summed E-state index contributed by atoms with van der Waals surface area (Å²) in [4.78, 5) is 4.20. The molecule has 114 valence electrons. The molecule has 1 atom stereocenters. The Morgan fingerprint density at radius 3 is 2.59 bits per heavy atom. The summed E-state index contributed by atoms with van der Waals surface area (Å²) in [6.07, 6.45) is -5.54. The Hall–Kier alpha value is -2.34. The molecule has 22 heavy (non-hydrogen) atoms. The minimum Gasteiger partial charge on any atom is -0.441 e. The fourth-order valence-electron chi connectivity index (χ4n) is 2.21. The van der Waals surface area contributed by atoms with Gasteiger partial charge in [0.25, 0.3) is 0 Å². The van der Waals surface area contributed by atoms with Crippen LogP contribution in [0.1, 0.15) is 23.1 Å². The number of fused-ring (bicyclic) bond motifs is 1. The Balaban J connectivity index is 1.83. The third kappa shape index (κ3) is 2.96. The van der Waals surface area contributed by atoms with Crippen molar-refractivity contribution in [2.45, 2.75) is 18.7 Å².